The Labute approximate surface area is 287 Å². The number of aliphatic hydroxyl groups is 3. The van der Waals surface area contributed by atoms with E-state index in [4.69, 9.17) is 14.2 Å². The summed E-state index contributed by atoms with van der Waals surface area (Å²) in [6.45, 7) is 4.89. The summed E-state index contributed by atoms with van der Waals surface area (Å²) in [5.41, 5.74) is -5.36. The van der Waals surface area contributed by atoms with Crippen molar-refractivity contribution in [2.24, 2.45) is 16.7 Å². The van der Waals surface area contributed by atoms with E-state index in [1.54, 1.807) is 26.2 Å². The van der Waals surface area contributed by atoms with E-state index in [1.807, 2.05) is 67.6 Å². The number of esters is 2. The molecule has 0 heterocycles. The standard InChI is InChI=1S/C40H46O9/c1-26(41)38(44)22-23-40(46)37(38,3)33(49-35(43)17-12-27-8-6-5-7-9-27)25-32-36(2)20-19-31(24-29(36)18-21-39(32,40)45)48-34(42)16-13-28-10-14-30(47-4)15-11-28/h5-18,31-33,44-46H,19-25H2,1-4H3/b16-13+,17-12+/t31-,32+,33+,36-,37+,38+,39-,40+/m0/s1. The Balaban J connectivity index is 1.26. The molecule has 0 amide bonds. The summed E-state index contributed by atoms with van der Waals surface area (Å²) in [5.74, 6) is -1.52. The van der Waals surface area contributed by atoms with E-state index in [-0.39, 0.29) is 31.8 Å². The number of carbonyl (C=O) groups is 3. The third-order valence-corrected chi connectivity index (χ3v) is 12.4. The molecule has 3 N–H and O–H groups in total. The summed E-state index contributed by atoms with van der Waals surface area (Å²) in [5, 5.41) is 37.3. The highest BCUT2D eigenvalue weighted by Crippen LogP contribution is 2.71. The fourth-order valence-electron chi connectivity index (χ4n) is 9.45. The zero-order valence-electron chi connectivity index (χ0n) is 28.6. The number of methoxy groups -OCH3 is 1. The highest BCUT2D eigenvalue weighted by Gasteiger charge is 2.81. The van der Waals surface area contributed by atoms with Crippen molar-refractivity contribution in [3.8, 4) is 5.75 Å². The molecule has 2 aromatic carbocycles. The summed E-state index contributed by atoms with van der Waals surface area (Å²) in [4.78, 5) is 39.2. The fraction of sp³-hybridized carbons (Fsp3) is 0.475. The van der Waals surface area contributed by atoms with Crippen molar-refractivity contribution in [1.82, 2.24) is 0 Å². The number of ether oxygens (including phenoxy) is 3. The van der Waals surface area contributed by atoms with Gasteiger partial charge >= 0.3 is 11.9 Å². The number of hydrogen-bond acceptors (Lipinski definition) is 9. The molecule has 0 unspecified atom stereocenters. The number of rotatable bonds is 8. The number of Topliss-reactive ketones (excluding diaryl/α,β-unsaturated/α-hetero) is 1. The zero-order valence-corrected chi connectivity index (χ0v) is 28.6. The Hall–Kier alpha value is -4.05. The van der Waals surface area contributed by atoms with Crippen LogP contribution in [-0.2, 0) is 23.9 Å². The van der Waals surface area contributed by atoms with Gasteiger partial charge in [-0.3, -0.25) is 4.79 Å². The predicted molar refractivity (Wildman–Crippen MR) is 183 cm³/mol. The molecule has 0 spiro atoms. The molecule has 0 saturated heterocycles. The molecule has 49 heavy (non-hydrogen) atoms. The van der Waals surface area contributed by atoms with Crippen LogP contribution >= 0.6 is 0 Å². The molecule has 260 valence electrons. The van der Waals surface area contributed by atoms with Crippen LogP contribution in [0.15, 0.2) is 78.4 Å². The normalized spacial score (nSPS) is 36.7. The van der Waals surface area contributed by atoms with Gasteiger partial charge in [-0.25, -0.2) is 9.59 Å². The van der Waals surface area contributed by atoms with Gasteiger partial charge in [-0.2, -0.15) is 0 Å². The van der Waals surface area contributed by atoms with Gasteiger partial charge in [0, 0.05) is 24.5 Å². The lowest BCUT2D eigenvalue weighted by Crippen LogP contribution is -2.78. The van der Waals surface area contributed by atoms with Crippen LogP contribution in [0, 0.1) is 16.7 Å². The van der Waals surface area contributed by atoms with E-state index < -0.39 is 57.4 Å². The quantitative estimate of drug-likeness (QED) is 0.192. The van der Waals surface area contributed by atoms with E-state index in [0.29, 0.717) is 19.3 Å². The van der Waals surface area contributed by atoms with Gasteiger partial charge in [0.05, 0.1) is 12.5 Å². The molecule has 0 aromatic heterocycles. The van der Waals surface area contributed by atoms with Crippen LogP contribution in [0.1, 0.15) is 76.8 Å². The van der Waals surface area contributed by atoms with Crippen molar-refractivity contribution in [3.63, 3.8) is 0 Å². The van der Waals surface area contributed by atoms with Crippen LogP contribution in [0.4, 0.5) is 0 Å². The molecular weight excluding hydrogens is 624 g/mol. The van der Waals surface area contributed by atoms with Gasteiger partial charge in [0.1, 0.15) is 34.8 Å². The van der Waals surface area contributed by atoms with Crippen LogP contribution in [0.3, 0.4) is 0 Å². The largest absolute Gasteiger partial charge is 0.497 e. The van der Waals surface area contributed by atoms with Gasteiger partial charge in [-0.1, -0.05) is 61.0 Å². The van der Waals surface area contributed by atoms with Crippen LogP contribution in [-0.4, -0.2) is 69.2 Å². The molecule has 4 aliphatic rings. The summed E-state index contributed by atoms with van der Waals surface area (Å²) in [6, 6.07) is 16.6. The van der Waals surface area contributed by atoms with E-state index in [1.165, 1.54) is 19.1 Å². The second-order valence-corrected chi connectivity index (χ2v) is 14.6. The molecule has 9 nitrogen and oxygen atoms in total. The average molecular weight is 671 g/mol. The lowest BCUT2D eigenvalue weighted by molar-refractivity contribution is -0.314. The van der Waals surface area contributed by atoms with Crippen LogP contribution < -0.4 is 4.74 Å². The minimum atomic E-state index is -2.02. The number of hydrogen-bond donors (Lipinski definition) is 3. The minimum absolute atomic E-state index is 0.0412. The lowest BCUT2D eigenvalue weighted by Gasteiger charge is -2.67. The maximum Gasteiger partial charge on any atom is 0.331 e. The van der Waals surface area contributed by atoms with Gasteiger partial charge in [0.25, 0.3) is 0 Å². The number of ketones is 1. The Morgan fingerprint density at radius 3 is 2.10 bits per heavy atom. The van der Waals surface area contributed by atoms with Crippen molar-refractivity contribution in [2.75, 3.05) is 7.11 Å². The third-order valence-electron chi connectivity index (χ3n) is 12.4. The summed E-state index contributed by atoms with van der Waals surface area (Å²) >= 11 is 0. The predicted octanol–water partition coefficient (Wildman–Crippen LogP) is 5.37. The Bertz CT molecular complexity index is 1700. The highest BCUT2D eigenvalue weighted by atomic mass is 16.6. The van der Waals surface area contributed by atoms with E-state index >= 15 is 0 Å². The topological polar surface area (TPSA) is 140 Å². The number of fused-ring (bicyclic) bond motifs is 5. The molecule has 0 aliphatic heterocycles. The summed E-state index contributed by atoms with van der Waals surface area (Å²) in [6.07, 6.45) is 8.12. The van der Waals surface area contributed by atoms with Crippen molar-refractivity contribution in [1.29, 1.82) is 0 Å². The molecule has 6 rings (SSSR count). The smallest absolute Gasteiger partial charge is 0.331 e. The average Bonchev–Trinajstić information content (AvgIpc) is 3.32. The van der Waals surface area contributed by atoms with Crippen molar-refractivity contribution in [3.05, 3.63) is 89.5 Å². The molecular formula is C40H46O9. The SMILES string of the molecule is COc1ccc(/C=C/C(=O)O[C@H]2CC[C@@]3(C)C(=CC[C@]4(O)[C@@H]3C[C@@H](OC(=O)/C=C/c3ccccc3)[C@@]3(C)[C@]4(O)CC[C@@]3(O)C(C)=O)C2)cc1. The molecule has 8 atom stereocenters. The number of carbonyl (C=O) groups excluding carboxylic acids is 3. The maximum atomic E-state index is 13.3. The lowest BCUT2D eigenvalue weighted by atomic mass is 9.42. The first-order valence-corrected chi connectivity index (χ1v) is 17.0. The first-order chi connectivity index (χ1) is 23.2. The van der Waals surface area contributed by atoms with Gasteiger partial charge in [-0.05, 0) is 93.2 Å². The molecule has 2 aromatic rings. The molecule has 9 heteroatoms. The van der Waals surface area contributed by atoms with Gasteiger partial charge < -0.3 is 29.5 Å². The first kappa shape index (κ1) is 34.8. The van der Waals surface area contributed by atoms with Crippen molar-refractivity contribution < 1.29 is 43.9 Å². The van der Waals surface area contributed by atoms with Crippen LogP contribution in [0.25, 0.3) is 12.2 Å². The van der Waals surface area contributed by atoms with Gasteiger partial charge in [-0.15, -0.1) is 0 Å². The third kappa shape index (κ3) is 5.56. The molecule has 0 radical (unpaired) electrons. The van der Waals surface area contributed by atoms with Crippen molar-refractivity contribution >= 4 is 29.9 Å². The van der Waals surface area contributed by atoms with Crippen LogP contribution in [0.2, 0.25) is 0 Å². The Morgan fingerprint density at radius 2 is 1.47 bits per heavy atom. The minimum Gasteiger partial charge on any atom is -0.497 e. The van der Waals surface area contributed by atoms with E-state index in [0.717, 1.165) is 22.4 Å². The summed E-state index contributed by atoms with van der Waals surface area (Å²) in [7, 11) is 1.59. The van der Waals surface area contributed by atoms with Gasteiger partial charge in [0.15, 0.2) is 5.78 Å². The Kier molecular flexibility index (Phi) is 9.01. The summed E-state index contributed by atoms with van der Waals surface area (Å²) < 4.78 is 17.1. The second kappa shape index (κ2) is 12.7. The van der Waals surface area contributed by atoms with Crippen LogP contribution in [0.5, 0.6) is 5.75 Å². The van der Waals surface area contributed by atoms with Gasteiger partial charge in [0.2, 0.25) is 0 Å². The molecule has 0 bridgehead atoms. The fourth-order valence-corrected chi connectivity index (χ4v) is 9.45. The molecule has 4 aliphatic carbocycles. The Morgan fingerprint density at radius 1 is 0.837 bits per heavy atom. The highest BCUT2D eigenvalue weighted by molar-refractivity contribution is 5.89. The maximum absolute atomic E-state index is 13.3. The molecule has 3 saturated carbocycles. The van der Waals surface area contributed by atoms with E-state index in [2.05, 4.69) is 0 Å². The van der Waals surface area contributed by atoms with Crippen molar-refractivity contribution in [2.45, 2.75) is 94.7 Å². The number of benzene rings is 2. The zero-order chi connectivity index (χ0) is 35.2. The monoisotopic (exact) mass is 670 g/mol. The first-order valence-electron chi connectivity index (χ1n) is 17.0. The van der Waals surface area contributed by atoms with E-state index in [9.17, 15) is 29.7 Å². The molecule has 3 fully saturated rings. The second-order valence-electron chi connectivity index (χ2n) is 14.6.